The van der Waals surface area contributed by atoms with Crippen molar-refractivity contribution >= 4 is 16.7 Å². The van der Waals surface area contributed by atoms with E-state index in [-0.39, 0.29) is 5.91 Å². The molecule has 1 saturated heterocycles. The lowest BCUT2D eigenvalue weighted by Gasteiger charge is -2.40. The van der Waals surface area contributed by atoms with E-state index in [0.717, 1.165) is 61.8 Å². The summed E-state index contributed by atoms with van der Waals surface area (Å²) in [4.78, 5) is 17.9. The zero-order chi connectivity index (χ0) is 18.9. The van der Waals surface area contributed by atoms with Gasteiger partial charge in [0.25, 0.3) is 5.91 Å². The summed E-state index contributed by atoms with van der Waals surface area (Å²) in [5, 5.41) is 2.19. The van der Waals surface area contributed by atoms with Crippen LogP contribution < -0.4 is 0 Å². The van der Waals surface area contributed by atoms with E-state index < -0.39 is 0 Å². The van der Waals surface area contributed by atoms with Crippen molar-refractivity contribution in [3.05, 3.63) is 83.4 Å². The number of hydrogen-bond donors (Lipinski definition) is 0. The van der Waals surface area contributed by atoms with Gasteiger partial charge in [-0.2, -0.15) is 0 Å². The summed E-state index contributed by atoms with van der Waals surface area (Å²) in [7, 11) is 0. The third-order valence-electron chi connectivity index (χ3n) is 6.45. The number of benzene rings is 3. The molecule has 3 aromatic rings. The summed E-state index contributed by atoms with van der Waals surface area (Å²) in [6.07, 6.45) is 3.28. The highest BCUT2D eigenvalue weighted by molar-refractivity contribution is 6.07. The van der Waals surface area contributed by atoms with E-state index in [2.05, 4.69) is 52.3 Å². The molecule has 5 rings (SSSR count). The second kappa shape index (κ2) is 7.40. The Morgan fingerprint density at radius 1 is 0.786 bits per heavy atom. The topological polar surface area (TPSA) is 23.6 Å². The van der Waals surface area contributed by atoms with E-state index in [1.807, 2.05) is 24.3 Å². The lowest BCUT2D eigenvalue weighted by atomic mass is 9.95. The molecule has 28 heavy (non-hydrogen) atoms. The van der Waals surface area contributed by atoms with Gasteiger partial charge in [0, 0.05) is 37.8 Å². The molecule has 0 aliphatic carbocycles. The highest BCUT2D eigenvalue weighted by atomic mass is 16.2. The van der Waals surface area contributed by atoms with Gasteiger partial charge >= 0.3 is 0 Å². The molecule has 0 spiro atoms. The summed E-state index contributed by atoms with van der Waals surface area (Å²) >= 11 is 0. The lowest BCUT2D eigenvalue weighted by molar-refractivity contribution is 0.0601. The maximum Gasteiger partial charge on any atom is 0.254 e. The highest BCUT2D eigenvalue weighted by Gasteiger charge is 2.29. The Morgan fingerprint density at radius 3 is 2.36 bits per heavy atom. The van der Waals surface area contributed by atoms with E-state index in [4.69, 9.17) is 0 Å². The van der Waals surface area contributed by atoms with Crippen molar-refractivity contribution in [2.24, 2.45) is 0 Å². The molecular formula is C25H26N2O. The van der Waals surface area contributed by atoms with Crippen molar-refractivity contribution in [3.63, 3.8) is 0 Å². The molecule has 0 N–H and O–H groups in total. The molecule has 3 nitrogen and oxygen atoms in total. The van der Waals surface area contributed by atoms with Crippen LogP contribution in [0.5, 0.6) is 0 Å². The Morgan fingerprint density at radius 2 is 1.50 bits per heavy atom. The van der Waals surface area contributed by atoms with E-state index in [1.165, 1.54) is 11.1 Å². The van der Waals surface area contributed by atoms with Gasteiger partial charge in [-0.15, -0.1) is 0 Å². The molecule has 0 bridgehead atoms. The van der Waals surface area contributed by atoms with Crippen molar-refractivity contribution in [2.45, 2.75) is 31.8 Å². The zero-order valence-electron chi connectivity index (χ0n) is 16.2. The predicted molar refractivity (Wildman–Crippen MR) is 113 cm³/mol. The fourth-order valence-corrected chi connectivity index (χ4v) is 4.85. The first-order valence-electron chi connectivity index (χ1n) is 10.4. The Hall–Kier alpha value is -2.65. The van der Waals surface area contributed by atoms with Gasteiger partial charge in [-0.3, -0.25) is 9.69 Å². The Bertz CT molecular complexity index is 999. The monoisotopic (exact) mass is 370 g/mol. The van der Waals surface area contributed by atoms with Gasteiger partial charge in [-0.05, 0) is 47.2 Å². The molecule has 0 atom stereocenters. The zero-order valence-corrected chi connectivity index (χ0v) is 16.2. The molecule has 0 unspecified atom stereocenters. The van der Waals surface area contributed by atoms with Crippen LogP contribution in [0, 0.1) is 0 Å². The van der Waals surface area contributed by atoms with E-state index in [9.17, 15) is 4.79 Å². The maximum atomic E-state index is 13.2. The number of carbonyl (C=O) groups is 1. The third-order valence-corrected chi connectivity index (χ3v) is 6.45. The largest absolute Gasteiger partial charge is 0.339 e. The maximum absolute atomic E-state index is 13.2. The van der Waals surface area contributed by atoms with Gasteiger partial charge in [0.05, 0.1) is 0 Å². The summed E-state index contributed by atoms with van der Waals surface area (Å²) < 4.78 is 0. The number of amides is 1. The molecule has 1 amide bonds. The Labute approximate surface area is 166 Å². The highest BCUT2D eigenvalue weighted by Crippen LogP contribution is 2.26. The number of likely N-dealkylation sites (tertiary alicyclic amines) is 1. The van der Waals surface area contributed by atoms with Gasteiger partial charge in [-0.1, -0.05) is 60.7 Å². The minimum absolute atomic E-state index is 0.180. The van der Waals surface area contributed by atoms with Crippen LogP contribution in [-0.2, 0) is 13.0 Å². The average molecular weight is 370 g/mol. The third kappa shape index (κ3) is 3.20. The van der Waals surface area contributed by atoms with Crippen LogP contribution in [0.25, 0.3) is 10.8 Å². The number of fused-ring (bicyclic) bond motifs is 2. The standard InChI is InChI=1S/C25H26N2O/c28-25(24-11-5-9-20-7-3-4-10-23(20)24)26-16-13-22(14-17-26)27-15-12-19-6-1-2-8-21(19)18-27/h1-11,22H,12-18H2. The minimum atomic E-state index is 0.180. The normalized spacial score (nSPS) is 18.2. The molecule has 2 aliphatic heterocycles. The Kier molecular flexibility index (Phi) is 4.61. The summed E-state index contributed by atoms with van der Waals surface area (Å²) in [6.45, 7) is 3.90. The van der Waals surface area contributed by atoms with E-state index >= 15 is 0 Å². The molecule has 0 radical (unpaired) electrons. The van der Waals surface area contributed by atoms with Crippen LogP contribution in [0.3, 0.4) is 0 Å². The van der Waals surface area contributed by atoms with Gasteiger partial charge < -0.3 is 4.90 Å². The molecule has 0 saturated carbocycles. The molecule has 3 heteroatoms. The van der Waals surface area contributed by atoms with Crippen LogP contribution in [0.4, 0.5) is 0 Å². The number of nitrogens with zero attached hydrogens (tertiary/aromatic N) is 2. The summed E-state index contributed by atoms with van der Waals surface area (Å²) in [5.41, 5.74) is 3.81. The fourth-order valence-electron chi connectivity index (χ4n) is 4.85. The van der Waals surface area contributed by atoms with Crippen LogP contribution in [0.1, 0.15) is 34.3 Å². The molecule has 1 fully saturated rings. The number of carbonyl (C=O) groups excluding carboxylic acids is 1. The molecular weight excluding hydrogens is 344 g/mol. The van der Waals surface area contributed by atoms with Crippen LogP contribution in [-0.4, -0.2) is 41.4 Å². The minimum Gasteiger partial charge on any atom is -0.339 e. The lowest BCUT2D eigenvalue weighted by Crippen LogP contribution is -2.48. The van der Waals surface area contributed by atoms with Crippen molar-refractivity contribution in [1.82, 2.24) is 9.80 Å². The first-order chi connectivity index (χ1) is 13.8. The van der Waals surface area contributed by atoms with Crippen LogP contribution in [0.15, 0.2) is 66.7 Å². The van der Waals surface area contributed by atoms with E-state index in [0.29, 0.717) is 6.04 Å². The summed E-state index contributed by atoms with van der Waals surface area (Å²) in [5.74, 6) is 0.180. The predicted octanol–water partition coefficient (Wildman–Crippen LogP) is 4.50. The van der Waals surface area contributed by atoms with Crippen molar-refractivity contribution in [3.8, 4) is 0 Å². The molecule has 2 aliphatic rings. The van der Waals surface area contributed by atoms with Gasteiger partial charge in [0.2, 0.25) is 0 Å². The second-order valence-corrected chi connectivity index (χ2v) is 8.04. The van der Waals surface area contributed by atoms with Gasteiger partial charge in [0.1, 0.15) is 0 Å². The van der Waals surface area contributed by atoms with Crippen LogP contribution >= 0.6 is 0 Å². The molecule has 3 aromatic carbocycles. The Balaban J connectivity index is 1.27. The van der Waals surface area contributed by atoms with Crippen molar-refractivity contribution in [1.29, 1.82) is 0 Å². The van der Waals surface area contributed by atoms with Crippen molar-refractivity contribution in [2.75, 3.05) is 19.6 Å². The molecule has 0 aromatic heterocycles. The molecule has 142 valence electrons. The second-order valence-electron chi connectivity index (χ2n) is 8.04. The quantitative estimate of drug-likeness (QED) is 0.663. The molecule has 2 heterocycles. The first kappa shape index (κ1) is 17.4. The van der Waals surface area contributed by atoms with E-state index in [1.54, 1.807) is 0 Å². The van der Waals surface area contributed by atoms with Crippen molar-refractivity contribution < 1.29 is 4.79 Å². The summed E-state index contributed by atoms with van der Waals surface area (Å²) in [6, 6.07) is 23.6. The SMILES string of the molecule is O=C(c1cccc2ccccc12)N1CCC(N2CCc3ccccc3C2)CC1. The number of rotatable bonds is 2. The van der Waals surface area contributed by atoms with Crippen LogP contribution in [0.2, 0.25) is 0 Å². The number of hydrogen-bond acceptors (Lipinski definition) is 2. The number of piperidine rings is 1. The smallest absolute Gasteiger partial charge is 0.254 e. The van der Waals surface area contributed by atoms with Gasteiger partial charge in [-0.25, -0.2) is 0 Å². The van der Waals surface area contributed by atoms with Gasteiger partial charge in [0.15, 0.2) is 0 Å². The average Bonchev–Trinajstić information content (AvgIpc) is 2.78. The first-order valence-corrected chi connectivity index (χ1v) is 10.4. The fraction of sp³-hybridized carbons (Fsp3) is 0.320.